The van der Waals surface area contributed by atoms with Crippen molar-refractivity contribution in [2.24, 2.45) is 11.5 Å². The molecule has 7 N–H and O–H groups in total. The maximum absolute atomic E-state index is 10.3. The first-order valence-corrected chi connectivity index (χ1v) is 6.55. The lowest BCUT2D eigenvalue weighted by Crippen LogP contribution is -2.40. The highest BCUT2D eigenvalue weighted by Gasteiger charge is 2.15. The number of pyridine rings is 1. The van der Waals surface area contributed by atoms with Crippen molar-refractivity contribution in [3.05, 3.63) is 29.6 Å². The quantitative estimate of drug-likeness (QED) is 0.240. The molecule has 8 nitrogen and oxygen atoms in total. The fourth-order valence-electron chi connectivity index (χ4n) is 1.14. The Balaban J connectivity index is 0.000000384. The number of rotatable bonds is 5. The summed E-state index contributed by atoms with van der Waals surface area (Å²) in [6.07, 6.45) is 1.62. The van der Waals surface area contributed by atoms with Gasteiger partial charge < -0.3 is 21.9 Å². The van der Waals surface area contributed by atoms with Crippen molar-refractivity contribution < 1.29 is 14.7 Å². The van der Waals surface area contributed by atoms with Gasteiger partial charge in [-0.3, -0.25) is 15.2 Å². The van der Waals surface area contributed by atoms with Gasteiger partial charge in [0.25, 0.3) is 0 Å². The second-order valence-corrected chi connectivity index (χ2v) is 4.31. The van der Waals surface area contributed by atoms with Gasteiger partial charge in [0, 0.05) is 25.4 Å². The van der Waals surface area contributed by atoms with Crippen LogP contribution in [-0.2, 0) is 16.1 Å². The maximum Gasteiger partial charge on any atom is 0.327 e. The Kier molecular flexibility index (Phi) is 8.74. The molecule has 0 bridgehead atoms. The Morgan fingerprint density at radius 2 is 2.14 bits per heavy atom. The molecule has 0 aliphatic heterocycles. The number of nitrogen functional groups attached to an aromatic ring is 1. The molecule has 1 aromatic heterocycles. The summed E-state index contributed by atoms with van der Waals surface area (Å²) < 4.78 is 0. The minimum Gasteiger partial charge on any atom is -0.480 e. The summed E-state index contributed by atoms with van der Waals surface area (Å²) in [6.45, 7) is 1.73. The number of aromatic nitrogens is 1. The molecular formula is C12H19N5O3S. The van der Waals surface area contributed by atoms with Crippen molar-refractivity contribution in [2.45, 2.75) is 19.5 Å². The number of aliphatic carboxylic acids is 1. The van der Waals surface area contributed by atoms with Crippen LogP contribution in [-0.4, -0.2) is 39.6 Å². The maximum atomic E-state index is 10.3. The van der Waals surface area contributed by atoms with E-state index in [1.165, 1.54) is 6.92 Å². The van der Waals surface area contributed by atoms with Crippen molar-refractivity contribution in [2.75, 3.05) is 5.75 Å². The molecule has 0 aromatic carbocycles. The molecule has 9 heteroatoms. The lowest BCUT2D eigenvalue weighted by molar-refractivity contribution is -0.140. The zero-order valence-electron chi connectivity index (χ0n) is 11.5. The molecule has 0 aliphatic rings. The van der Waals surface area contributed by atoms with Gasteiger partial charge in [0.05, 0.1) is 0 Å². The number of nitrogens with one attached hydrogen (secondary N) is 2. The Labute approximate surface area is 127 Å². The number of hydrogen-bond donors (Lipinski definition) is 6. The van der Waals surface area contributed by atoms with Crippen LogP contribution >= 0.6 is 12.6 Å². The molecular weight excluding hydrogens is 294 g/mol. The van der Waals surface area contributed by atoms with Crippen LogP contribution in [0.2, 0.25) is 0 Å². The highest BCUT2D eigenvalue weighted by Crippen LogP contribution is 1.97. The molecule has 0 aliphatic carbocycles. The Bertz CT molecular complexity index is 492. The number of carboxylic acid groups (broad SMARTS) is 1. The highest BCUT2D eigenvalue weighted by molar-refractivity contribution is 7.80. The minimum atomic E-state index is -1.06. The molecule has 1 heterocycles. The summed E-state index contributed by atoms with van der Waals surface area (Å²) in [7, 11) is 0. The minimum absolute atomic E-state index is 0.0198. The summed E-state index contributed by atoms with van der Waals surface area (Å²) in [5.41, 5.74) is 12.0. The molecule has 0 spiro atoms. The number of nitrogens with two attached hydrogens (primary N) is 2. The van der Waals surface area contributed by atoms with E-state index in [2.05, 4.69) is 22.9 Å². The van der Waals surface area contributed by atoms with E-state index in [1.54, 1.807) is 12.3 Å². The monoisotopic (exact) mass is 313 g/mol. The van der Waals surface area contributed by atoms with Gasteiger partial charge in [-0.2, -0.15) is 12.6 Å². The zero-order valence-corrected chi connectivity index (χ0v) is 12.4. The van der Waals surface area contributed by atoms with Crippen molar-refractivity contribution in [1.29, 1.82) is 5.41 Å². The first-order chi connectivity index (χ1) is 9.81. The normalized spacial score (nSPS) is 10.8. The second-order valence-electron chi connectivity index (χ2n) is 3.94. The van der Waals surface area contributed by atoms with E-state index >= 15 is 0 Å². The Morgan fingerprint density at radius 3 is 2.38 bits per heavy atom. The van der Waals surface area contributed by atoms with Crippen molar-refractivity contribution >= 4 is 30.3 Å². The number of thiol groups is 1. The van der Waals surface area contributed by atoms with Gasteiger partial charge in [-0.25, -0.2) is 4.79 Å². The lowest BCUT2D eigenvalue weighted by Gasteiger charge is -2.08. The number of amidine groups is 1. The Morgan fingerprint density at radius 1 is 1.52 bits per heavy atom. The molecule has 1 rings (SSSR count). The molecule has 1 atom stereocenters. The number of amides is 1. The lowest BCUT2D eigenvalue weighted by atomic mass is 10.2. The van der Waals surface area contributed by atoms with E-state index in [4.69, 9.17) is 22.0 Å². The van der Waals surface area contributed by atoms with Crippen molar-refractivity contribution in [1.82, 2.24) is 10.3 Å². The highest BCUT2D eigenvalue weighted by atomic mass is 32.1. The van der Waals surface area contributed by atoms with Gasteiger partial charge in [0.2, 0.25) is 5.91 Å². The van der Waals surface area contributed by atoms with Gasteiger partial charge in [0.1, 0.15) is 17.6 Å². The van der Waals surface area contributed by atoms with E-state index < -0.39 is 12.0 Å². The topological polar surface area (TPSA) is 155 Å². The van der Waals surface area contributed by atoms with Crippen LogP contribution in [0.15, 0.2) is 18.3 Å². The van der Waals surface area contributed by atoms with Crippen LogP contribution < -0.4 is 16.8 Å². The van der Waals surface area contributed by atoms with E-state index in [0.29, 0.717) is 12.2 Å². The summed E-state index contributed by atoms with van der Waals surface area (Å²) >= 11 is 3.73. The summed E-state index contributed by atoms with van der Waals surface area (Å²) in [5.74, 6) is -1.34. The third-order valence-corrected chi connectivity index (χ3v) is 2.56. The predicted octanol–water partition coefficient (Wildman–Crippen LogP) is -0.670. The van der Waals surface area contributed by atoms with Crippen molar-refractivity contribution in [3.63, 3.8) is 0 Å². The van der Waals surface area contributed by atoms with Crippen LogP contribution in [0.1, 0.15) is 18.2 Å². The van der Waals surface area contributed by atoms with E-state index in [0.717, 1.165) is 5.56 Å². The average Bonchev–Trinajstić information content (AvgIpc) is 2.45. The fourth-order valence-corrected chi connectivity index (χ4v) is 1.38. The van der Waals surface area contributed by atoms with Crippen LogP contribution in [0.25, 0.3) is 0 Å². The number of hydrogen-bond acceptors (Lipinski definition) is 6. The van der Waals surface area contributed by atoms with E-state index in [1.807, 2.05) is 6.07 Å². The number of carbonyl (C=O) groups is 2. The number of nitrogens with zero attached hydrogens (tertiary/aromatic N) is 1. The van der Waals surface area contributed by atoms with Crippen molar-refractivity contribution in [3.8, 4) is 0 Å². The van der Waals surface area contributed by atoms with Crippen LogP contribution in [0, 0.1) is 5.41 Å². The summed E-state index contributed by atoms with van der Waals surface area (Å²) in [5, 5.41) is 17.6. The molecule has 1 aromatic rings. The predicted molar refractivity (Wildman–Crippen MR) is 82.2 cm³/mol. The molecule has 116 valence electrons. The van der Waals surface area contributed by atoms with Crippen LogP contribution in [0.4, 0.5) is 0 Å². The molecule has 0 fully saturated rings. The molecule has 0 radical (unpaired) electrons. The molecule has 0 saturated heterocycles. The van der Waals surface area contributed by atoms with Gasteiger partial charge in [-0.15, -0.1) is 0 Å². The average molecular weight is 313 g/mol. The fraction of sp³-hybridized carbons (Fsp3) is 0.333. The largest absolute Gasteiger partial charge is 0.480 e. The molecule has 0 saturated carbocycles. The van der Waals surface area contributed by atoms with Crippen LogP contribution in [0.3, 0.4) is 0 Å². The van der Waals surface area contributed by atoms with Gasteiger partial charge in [-0.1, -0.05) is 6.07 Å². The third-order valence-electron chi connectivity index (χ3n) is 2.19. The molecule has 0 unspecified atom stereocenters. The standard InChI is InChI=1S/C7H10N4.C5H9NO3S/c8-3-5-1-2-6(7(9)10)11-4-5;1-3(7)6-4(2-10)5(8)9/h1-2,4H,3,8H2,(H3,9,10);4,10H,2H2,1H3,(H,6,7)(H,8,9)/t;4-/m.1/s1. The van der Waals surface area contributed by atoms with E-state index in [-0.39, 0.29) is 17.5 Å². The van der Waals surface area contributed by atoms with Gasteiger partial charge in [-0.05, 0) is 11.6 Å². The number of carbonyl (C=O) groups excluding carboxylic acids is 1. The first kappa shape index (κ1) is 18.9. The summed E-state index contributed by atoms with van der Waals surface area (Å²) in [6, 6.07) is 2.62. The smallest absolute Gasteiger partial charge is 0.327 e. The summed E-state index contributed by atoms with van der Waals surface area (Å²) in [4.78, 5) is 24.4. The second kappa shape index (κ2) is 9.72. The van der Waals surface area contributed by atoms with Gasteiger partial charge in [0.15, 0.2) is 0 Å². The van der Waals surface area contributed by atoms with Gasteiger partial charge >= 0.3 is 5.97 Å². The van der Waals surface area contributed by atoms with E-state index in [9.17, 15) is 9.59 Å². The number of carboxylic acids is 1. The first-order valence-electron chi connectivity index (χ1n) is 5.92. The SMILES string of the molecule is CC(=O)N[C@H](CS)C(=O)O.N=C(N)c1ccc(CN)cn1. The molecule has 21 heavy (non-hydrogen) atoms. The molecule has 1 amide bonds. The zero-order chi connectivity index (χ0) is 16.4. The third kappa shape index (κ3) is 7.90. The Hall–Kier alpha value is -2.13. The van der Waals surface area contributed by atoms with Crippen LogP contribution in [0.5, 0.6) is 0 Å².